The summed E-state index contributed by atoms with van der Waals surface area (Å²) in [6.07, 6.45) is -4.09. The number of halogens is 7. The molecule has 0 fully saturated rings. The van der Waals surface area contributed by atoms with E-state index in [1.165, 1.54) is 12.1 Å². The molecule has 5 nitrogen and oxygen atoms in total. The lowest BCUT2D eigenvalue weighted by Crippen LogP contribution is -2.47. The number of benzene rings is 3. The summed E-state index contributed by atoms with van der Waals surface area (Å²) in [7, 11) is 0. The van der Waals surface area contributed by atoms with Crippen LogP contribution in [0.5, 0.6) is 0 Å². The number of hydrogen-bond donors (Lipinski definition) is 3. The number of allylic oxidation sites excluding steroid dienone is 3. The molecule has 0 bridgehead atoms. The first kappa shape index (κ1) is 37.9. The van der Waals surface area contributed by atoms with Crippen molar-refractivity contribution in [1.82, 2.24) is 5.32 Å². The maximum Gasteiger partial charge on any atom is 0.416 e. The molecular formula is C32H35ClF6N4O. The predicted octanol–water partition coefficient (Wildman–Crippen LogP) is 8.76. The van der Waals surface area contributed by atoms with Crippen molar-refractivity contribution in [3.05, 3.63) is 114 Å². The molecule has 0 spiro atoms. The molecule has 3 rings (SSSR count). The molecule has 238 valence electrons. The summed E-state index contributed by atoms with van der Waals surface area (Å²) in [5.41, 5.74) is 13.4. The molecule has 0 saturated heterocycles. The minimum absolute atomic E-state index is 0.0972. The van der Waals surface area contributed by atoms with Gasteiger partial charge in [-0.3, -0.25) is 10.1 Å². The first-order valence-corrected chi connectivity index (χ1v) is 13.6. The van der Waals surface area contributed by atoms with Crippen LogP contribution in [0.15, 0.2) is 103 Å². The summed E-state index contributed by atoms with van der Waals surface area (Å²) < 4.78 is 72.8. The fourth-order valence-electron chi connectivity index (χ4n) is 3.41. The summed E-state index contributed by atoms with van der Waals surface area (Å²) in [5, 5.41) is 2.14. The average Bonchev–Trinajstić information content (AvgIpc) is 2.93. The van der Waals surface area contributed by atoms with Crippen molar-refractivity contribution in [1.29, 1.82) is 0 Å². The molecule has 0 aromatic heterocycles. The summed E-state index contributed by atoms with van der Waals surface area (Å²) in [4.78, 5) is 16.1. The van der Waals surface area contributed by atoms with Crippen LogP contribution < -0.4 is 16.8 Å². The zero-order valence-electron chi connectivity index (χ0n) is 24.2. The van der Waals surface area contributed by atoms with Crippen molar-refractivity contribution >= 4 is 29.2 Å². The van der Waals surface area contributed by atoms with Crippen LogP contribution in [0.4, 0.5) is 32.0 Å². The number of rotatable bonds is 7. The maximum atomic E-state index is 12.9. The van der Waals surface area contributed by atoms with Gasteiger partial charge in [-0.15, -0.1) is 6.58 Å². The van der Waals surface area contributed by atoms with Crippen LogP contribution >= 0.6 is 11.6 Å². The quantitative estimate of drug-likeness (QED) is 0.104. The van der Waals surface area contributed by atoms with Gasteiger partial charge < -0.3 is 11.5 Å². The third kappa shape index (κ3) is 15.4. The lowest BCUT2D eigenvalue weighted by Gasteiger charge is -2.13. The molecule has 0 radical (unpaired) electrons. The second kappa shape index (κ2) is 18.5. The first-order valence-electron chi connectivity index (χ1n) is 13.3. The largest absolute Gasteiger partial charge is 0.416 e. The number of nitrogens with zero attached hydrogens (tertiary/aromatic N) is 1. The van der Waals surface area contributed by atoms with Gasteiger partial charge in [0, 0.05) is 11.4 Å². The Balaban J connectivity index is 0.000000684. The van der Waals surface area contributed by atoms with Crippen molar-refractivity contribution < 1.29 is 31.1 Å². The number of carbonyl (C=O) groups is 1. The van der Waals surface area contributed by atoms with E-state index in [2.05, 4.69) is 16.9 Å². The second-order valence-corrected chi connectivity index (χ2v) is 9.62. The summed E-state index contributed by atoms with van der Waals surface area (Å²) >= 11 is 5.72. The SMILES string of the molecule is C=CC.CC=CCCC(F)(F)F.NC(=Nc1cc(Cl)cc(C(F)(F)F)c1)NC(=O)C(N)Cc1ccc(-c2ccccc2)cc1. The topological polar surface area (TPSA) is 93.5 Å². The zero-order chi connectivity index (χ0) is 33.3. The third-order valence-electron chi connectivity index (χ3n) is 5.39. The molecule has 5 N–H and O–H groups in total. The molecule has 3 aromatic rings. The molecular weight excluding hydrogens is 606 g/mol. The monoisotopic (exact) mass is 640 g/mol. The fourth-order valence-corrected chi connectivity index (χ4v) is 3.64. The van der Waals surface area contributed by atoms with Gasteiger partial charge in [-0.2, -0.15) is 26.3 Å². The van der Waals surface area contributed by atoms with Crippen molar-refractivity contribution in [3.8, 4) is 11.1 Å². The molecule has 0 aliphatic carbocycles. The molecule has 1 unspecified atom stereocenters. The van der Waals surface area contributed by atoms with Crippen molar-refractivity contribution in [3.63, 3.8) is 0 Å². The van der Waals surface area contributed by atoms with Crippen molar-refractivity contribution in [2.45, 2.75) is 51.5 Å². The van der Waals surface area contributed by atoms with E-state index in [-0.39, 0.29) is 29.5 Å². The number of alkyl halides is 6. The molecule has 0 saturated carbocycles. The van der Waals surface area contributed by atoms with Gasteiger partial charge in [0.25, 0.3) is 0 Å². The van der Waals surface area contributed by atoms with Crippen LogP contribution in [0, 0.1) is 0 Å². The number of hydrogen-bond acceptors (Lipinski definition) is 3. The van der Waals surface area contributed by atoms with E-state index in [1.54, 1.807) is 19.1 Å². The van der Waals surface area contributed by atoms with E-state index in [4.69, 9.17) is 23.1 Å². The molecule has 44 heavy (non-hydrogen) atoms. The molecule has 12 heteroatoms. The normalized spacial score (nSPS) is 12.4. The minimum atomic E-state index is -4.59. The van der Waals surface area contributed by atoms with Gasteiger partial charge in [0.05, 0.1) is 17.3 Å². The summed E-state index contributed by atoms with van der Waals surface area (Å²) in [5.74, 6) is -1.00. The van der Waals surface area contributed by atoms with E-state index in [0.717, 1.165) is 28.8 Å². The Hall–Kier alpha value is -4.09. The van der Waals surface area contributed by atoms with Crippen LogP contribution in [0.1, 0.15) is 37.8 Å². The van der Waals surface area contributed by atoms with Crippen LogP contribution in [-0.4, -0.2) is 24.1 Å². The van der Waals surface area contributed by atoms with Gasteiger partial charge in [-0.05, 0) is 61.6 Å². The Bertz CT molecular complexity index is 1370. The lowest BCUT2D eigenvalue weighted by atomic mass is 10.0. The molecule has 0 aliphatic rings. The zero-order valence-corrected chi connectivity index (χ0v) is 25.0. The van der Waals surface area contributed by atoms with Crippen LogP contribution in [0.3, 0.4) is 0 Å². The van der Waals surface area contributed by atoms with E-state index in [9.17, 15) is 31.1 Å². The fraction of sp³-hybridized carbons (Fsp3) is 0.250. The highest BCUT2D eigenvalue weighted by Gasteiger charge is 2.31. The number of guanidine groups is 1. The number of carbonyl (C=O) groups excluding carboxylic acids is 1. The standard InChI is InChI=1S/C23H20ClF3N4O.C6H9F3.C3H6/c24-18-11-17(23(25,26)27)12-19(13-18)30-22(29)31-21(32)20(28)10-14-6-8-16(9-7-14)15-4-2-1-3-5-15;1-2-3-4-5-6(7,8)9;1-3-2/h1-9,11-13,20H,10,28H2,(H3,29,30,31,32);2-3H,4-5H2,1H3;3H,1H2,2H3. The number of amides is 1. The van der Waals surface area contributed by atoms with Crippen LogP contribution in [0.25, 0.3) is 11.1 Å². The Kier molecular flexibility index (Phi) is 16.0. The van der Waals surface area contributed by atoms with E-state index in [0.29, 0.717) is 0 Å². The van der Waals surface area contributed by atoms with E-state index >= 15 is 0 Å². The highest BCUT2D eigenvalue weighted by molar-refractivity contribution is 6.30. The Morgan fingerprint density at radius 2 is 1.55 bits per heavy atom. The highest BCUT2D eigenvalue weighted by Crippen LogP contribution is 2.34. The minimum Gasteiger partial charge on any atom is -0.369 e. The smallest absolute Gasteiger partial charge is 0.369 e. The predicted molar refractivity (Wildman–Crippen MR) is 165 cm³/mol. The first-order chi connectivity index (χ1) is 20.6. The Morgan fingerprint density at radius 3 is 2.07 bits per heavy atom. The molecule has 0 heterocycles. The van der Waals surface area contributed by atoms with Gasteiger partial charge in [0.15, 0.2) is 0 Å². The van der Waals surface area contributed by atoms with E-state index < -0.39 is 36.3 Å². The number of nitrogens with two attached hydrogens (primary N) is 2. The number of aliphatic imine (C=N–C) groups is 1. The molecule has 1 amide bonds. The Morgan fingerprint density at radius 1 is 0.977 bits per heavy atom. The van der Waals surface area contributed by atoms with Crippen molar-refractivity contribution in [2.24, 2.45) is 16.5 Å². The number of nitrogens with one attached hydrogen (secondary N) is 1. The molecule has 3 aromatic carbocycles. The van der Waals surface area contributed by atoms with Gasteiger partial charge in [-0.25, -0.2) is 4.99 Å². The van der Waals surface area contributed by atoms with Crippen molar-refractivity contribution in [2.75, 3.05) is 0 Å². The average molecular weight is 641 g/mol. The van der Waals surface area contributed by atoms with Gasteiger partial charge >= 0.3 is 12.4 Å². The second-order valence-electron chi connectivity index (χ2n) is 9.19. The molecule has 1 atom stereocenters. The van der Waals surface area contributed by atoms with Gasteiger partial charge in [-0.1, -0.05) is 84.4 Å². The highest BCUT2D eigenvalue weighted by atomic mass is 35.5. The van der Waals surface area contributed by atoms with E-state index in [1.807, 2.05) is 61.5 Å². The van der Waals surface area contributed by atoms with Crippen LogP contribution in [-0.2, 0) is 17.4 Å². The van der Waals surface area contributed by atoms with Gasteiger partial charge in [0.1, 0.15) is 0 Å². The van der Waals surface area contributed by atoms with Crippen LogP contribution in [0.2, 0.25) is 5.02 Å². The summed E-state index contributed by atoms with van der Waals surface area (Å²) in [6.45, 7) is 6.95. The lowest BCUT2D eigenvalue weighted by molar-refractivity contribution is -0.137. The summed E-state index contributed by atoms with van der Waals surface area (Å²) in [6, 6.07) is 19.2. The van der Waals surface area contributed by atoms with Gasteiger partial charge in [0.2, 0.25) is 11.9 Å². The molecule has 0 aliphatic heterocycles. The maximum absolute atomic E-state index is 12.9. The third-order valence-corrected chi connectivity index (χ3v) is 5.61. The Labute approximate surface area is 258 Å².